The summed E-state index contributed by atoms with van der Waals surface area (Å²) in [6, 6.07) is 3.22. The summed E-state index contributed by atoms with van der Waals surface area (Å²) in [7, 11) is 0. The van der Waals surface area contributed by atoms with Gasteiger partial charge >= 0.3 is 0 Å². The highest BCUT2D eigenvalue weighted by molar-refractivity contribution is 7.15. The van der Waals surface area contributed by atoms with Gasteiger partial charge in [-0.25, -0.2) is 0 Å². The molecular weight excluding hydrogens is 368 g/mol. The van der Waals surface area contributed by atoms with Crippen LogP contribution >= 0.6 is 11.3 Å². The second kappa shape index (κ2) is 7.65. The van der Waals surface area contributed by atoms with Gasteiger partial charge in [0.25, 0.3) is 0 Å². The van der Waals surface area contributed by atoms with Gasteiger partial charge in [0.15, 0.2) is 0 Å². The van der Waals surface area contributed by atoms with Crippen LogP contribution in [0.4, 0.5) is 5.13 Å². The molecular formula is C17H24N6O3S. The molecule has 1 fully saturated rings. The Morgan fingerprint density at radius 2 is 2.26 bits per heavy atom. The number of nitrogens with one attached hydrogen (secondary N) is 2. The predicted octanol–water partition coefficient (Wildman–Crippen LogP) is 0.764. The first-order valence-electron chi connectivity index (χ1n) is 8.72. The van der Waals surface area contributed by atoms with Gasteiger partial charge in [0, 0.05) is 13.1 Å². The van der Waals surface area contributed by atoms with Crippen molar-refractivity contribution in [1.29, 1.82) is 0 Å². The minimum absolute atomic E-state index is 0.0449. The fourth-order valence-electron chi connectivity index (χ4n) is 3.06. The highest BCUT2D eigenvalue weighted by atomic mass is 32.1. The van der Waals surface area contributed by atoms with Crippen LogP contribution in [0.5, 0.6) is 0 Å². The van der Waals surface area contributed by atoms with Gasteiger partial charge in [0.2, 0.25) is 16.9 Å². The lowest BCUT2D eigenvalue weighted by Crippen LogP contribution is -2.56. The van der Waals surface area contributed by atoms with Crippen LogP contribution in [-0.2, 0) is 21.7 Å². The van der Waals surface area contributed by atoms with E-state index in [0.29, 0.717) is 29.8 Å². The third-order valence-electron chi connectivity index (χ3n) is 4.40. The van der Waals surface area contributed by atoms with Crippen LogP contribution in [0.3, 0.4) is 0 Å². The van der Waals surface area contributed by atoms with E-state index >= 15 is 0 Å². The summed E-state index contributed by atoms with van der Waals surface area (Å²) in [5, 5.41) is 14.5. The number of amides is 2. The first-order valence-corrected chi connectivity index (χ1v) is 9.54. The minimum Gasteiger partial charge on any atom is -0.465 e. The summed E-state index contributed by atoms with van der Waals surface area (Å²) in [6.07, 6.45) is 0.0449. The van der Waals surface area contributed by atoms with Crippen molar-refractivity contribution in [3.63, 3.8) is 0 Å². The van der Waals surface area contributed by atoms with E-state index in [0.717, 1.165) is 11.5 Å². The SMILES string of the molecule is Cc1ccc(CN2CCNC(=O)[C@@H]2CC(=O)NC(C)(C)c2nnc(N)s2)o1. The molecule has 1 aliphatic rings. The number of rotatable bonds is 6. The number of aromatic nitrogens is 2. The molecule has 1 saturated heterocycles. The Labute approximate surface area is 161 Å². The largest absolute Gasteiger partial charge is 0.465 e. The zero-order valence-corrected chi connectivity index (χ0v) is 16.4. The third kappa shape index (κ3) is 4.64. The smallest absolute Gasteiger partial charge is 0.237 e. The average molecular weight is 392 g/mol. The molecule has 2 amide bonds. The molecule has 1 aliphatic heterocycles. The molecule has 0 bridgehead atoms. The van der Waals surface area contributed by atoms with E-state index in [4.69, 9.17) is 10.2 Å². The quantitative estimate of drug-likeness (QED) is 0.662. The maximum absolute atomic E-state index is 12.6. The van der Waals surface area contributed by atoms with E-state index in [2.05, 4.69) is 20.8 Å². The number of piperazine rings is 1. The molecule has 4 N–H and O–H groups in total. The highest BCUT2D eigenvalue weighted by Gasteiger charge is 2.34. The standard InChI is InChI=1S/C17H24N6O3S/c1-10-4-5-11(26-10)9-23-7-6-19-14(25)12(23)8-13(24)20-17(2,3)15-21-22-16(18)27-15/h4-5,12H,6-9H2,1-3H3,(H2,18,22)(H,19,25)(H,20,24)/t12-/m0/s1. The molecule has 2 aromatic heterocycles. The number of carbonyl (C=O) groups excluding carboxylic acids is 2. The fourth-order valence-corrected chi connectivity index (χ4v) is 3.73. The second-order valence-corrected chi connectivity index (χ2v) is 8.12. The van der Waals surface area contributed by atoms with Crippen molar-refractivity contribution < 1.29 is 14.0 Å². The van der Waals surface area contributed by atoms with Crippen molar-refractivity contribution >= 4 is 28.3 Å². The number of hydrogen-bond acceptors (Lipinski definition) is 8. The zero-order chi connectivity index (χ0) is 19.6. The molecule has 0 saturated carbocycles. The number of nitrogens with zero attached hydrogens (tertiary/aromatic N) is 3. The van der Waals surface area contributed by atoms with Gasteiger partial charge in [0.1, 0.15) is 16.5 Å². The van der Waals surface area contributed by atoms with E-state index in [-0.39, 0.29) is 18.2 Å². The molecule has 27 heavy (non-hydrogen) atoms. The molecule has 3 rings (SSSR count). The molecule has 3 heterocycles. The lowest BCUT2D eigenvalue weighted by atomic mass is 10.0. The first-order chi connectivity index (χ1) is 12.7. The monoisotopic (exact) mass is 392 g/mol. The van der Waals surface area contributed by atoms with Crippen molar-refractivity contribution in [3.05, 3.63) is 28.7 Å². The normalized spacial score (nSPS) is 18.3. The Kier molecular flexibility index (Phi) is 5.47. The van der Waals surface area contributed by atoms with E-state index in [1.807, 2.05) is 37.8 Å². The fraction of sp³-hybridized carbons (Fsp3) is 0.529. The highest BCUT2D eigenvalue weighted by Crippen LogP contribution is 2.25. The van der Waals surface area contributed by atoms with Gasteiger partial charge in [-0.15, -0.1) is 10.2 Å². The number of carbonyl (C=O) groups is 2. The molecule has 0 aliphatic carbocycles. The van der Waals surface area contributed by atoms with Crippen molar-refractivity contribution in [2.45, 2.75) is 45.3 Å². The van der Waals surface area contributed by atoms with Gasteiger partial charge in [0.05, 0.1) is 24.5 Å². The number of furan rings is 1. The summed E-state index contributed by atoms with van der Waals surface area (Å²) in [6.45, 7) is 7.21. The van der Waals surface area contributed by atoms with Crippen molar-refractivity contribution in [3.8, 4) is 0 Å². The van der Waals surface area contributed by atoms with Crippen molar-refractivity contribution in [2.24, 2.45) is 0 Å². The van der Waals surface area contributed by atoms with Crippen LogP contribution in [0, 0.1) is 6.92 Å². The minimum atomic E-state index is -0.722. The second-order valence-electron chi connectivity index (χ2n) is 7.11. The van der Waals surface area contributed by atoms with Crippen molar-refractivity contribution in [1.82, 2.24) is 25.7 Å². The molecule has 146 valence electrons. The van der Waals surface area contributed by atoms with Gasteiger partial charge in [-0.2, -0.15) is 0 Å². The van der Waals surface area contributed by atoms with Gasteiger partial charge < -0.3 is 20.8 Å². The van der Waals surface area contributed by atoms with Crippen LogP contribution in [-0.4, -0.2) is 46.0 Å². The number of hydrogen-bond donors (Lipinski definition) is 3. The Morgan fingerprint density at radius 3 is 2.89 bits per heavy atom. The number of nitrogen functional groups attached to an aromatic ring is 1. The summed E-state index contributed by atoms with van der Waals surface area (Å²) in [5.41, 5.74) is 4.91. The average Bonchev–Trinajstić information content (AvgIpc) is 3.19. The molecule has 0 radical (unpaired) electrons. The van der Waals surface area contributed by atoms with Crippen LogP contribution in [0.15, 0.2) is 16.5 Å². The number of nitrogens with two attached hydrogens (primary N) is 1. The van der Waals surface area contributed by atoms with Crippen molar-refractivity contribution in [2.75, 3.05) is 18.8 Å². The predicted molar refractivity (Wildman–Crippen MR) is 101 cm³/mol. The molecule has 1 atom stereocenters. The van der Waals surface area contributed by atoms with Gasteiger partial charge in [-0.05, 0) is 32.9 Å². The maximum Gasteiger partial charge on any atom is 0.237 e. The van der Waals surface area contributed by atoms with Crippen LogP contribution in [0.25, 0.3) is 0 Å². The summed E-state index contributed by atoms with van der Waals surface area (Å²) in [4.78, 5) is 27.0. The number of aryl methyl sites for hydroxylation is 1. The molecule has 9 nitrogen and oxygen atoms in total. The van der Waals surface area contributed by atoms with Gasteiger partial charge in [-0.3, -0.25) is 14.5 Å². The van der Waals surface area contributed by atoms with E-state index in [1.165, 1.54) is 11.3 Å². The lowest BCUT2D eigenvalue weighted by molar-refractivity contribution is -0.135. The van der Waals surface area contributed by atoms with Crippen LogP contribution < -0.4 is 16.4 Å². The zero-order valence-electron chi connectivity index (χ0n) is 15.6. The van der Waals surface area contributed by atoms with Gasteiger partial charge in [-0.1, -0.05) is 11.3 Å². The Balaban J connectivity index is 1.66. The van der Waals surface area contributed by atoms with Crippen LogP contribution in [0.2, 0.25) is 0 Å². The summed E-state index contributed by atoms with van der Waals surface area (Å²) in [5.74, 6) is 1.20. The lowest BCUT2D eigenvalue weighted by Gasteiger charge is -2.34. The molecule has 10 heteroatoms. The molecule has 0 aromatic carbocycles. The van der Waals surface area contributed by atoms with E-state index in [1.54, 1.807) is 0 Å². The molecule has 2 aromatic rings. The first kappa shape index (κ1) is 19.3. The molecule has 0 unspecified atom stereocenters. The Hall–Kier alpha value is -2.46. The Bertz CT molecular complexity index is 830. The van der Waals surface area contributed by atoms with Crippen LogP contribution in [0.1, 0.15) is 36.8 Å². The molecule has 0 spiro atoms. The Morgan fingerprint density at radius 1 is 1.48 bits per heavy atom. The third-order valence-corrected chi connectivity index (χ3v) is 5.48. The van der Waals surface area contributed by atoms with E-state index in [9.17, 15) is 9.59 Å². The summed E-state index contributed by atoms with van der Waals surface area (Å²) >= 11 is 1.23. The summed E-state index contributed by atoms with van der Waals surface area (Å²) < 4.78 is 5.62. The van der Waals surface area contributed by atoms with E-state index < -0.39 is 11.6 Å². The topological polar surface area (TPSA) is 126 Å². The number of anilines is 1. The maximum atomic E-state index is 12.6.